The SMILES string of the molecule is Cc1nc(Oc2ccc(C(C)(C)C)cc2)ccc1C(=O)O. The van der Waals surface area contributed by atoms with Gasteiger partial charge in [-0.05, 0) is 36.1 Å². The third kappa shape index (κ3) is 3.60. The highest BCUT2D eigenvalue weighted by Gasteiger charge is 2.13. The second kappa shape index (κ2) is 5.56. The summed E-state index contributed by atoms with van der Waals surface area (Å²) in [6.45, 7) is 8.11. The van der Waals surface area contributed by atoms with Crippen molar-refractivity contribution in [2.24, 2.45) is 0 Å². The van der Waals surface area contributed by atoms with E-state index in [1.165, 1.54) is 11.6 Å². The van der Waals surface area contributed by atoms with Crippen molar-refractivity contribution in [2.45, 2.75) is 33.1 Å². The number of aromatic nitrogens is 1. The number of carbonyl (C=O) groups is 1. The Bertz CT molecular complexity index is 655. The molecule has 21 heavy (non-hydrogen) atoms. The summed E-state index contributed by atoms with van der Waals surface area (Å²) in [5, 5.41) is 8.97. The Morgan fingerprint density at radius 2 is 1.71 bits per heavy atom. The van der Waals surface area contributed by atoms with E-state index in [4.69, 9.17) is 9.84 Å². The molecule has 2 rings (SSSR count). The number of benzene rings is 1. The highest BCUT2D eigenvalue weighted by atomic mass is 16.5. The minimum Gasteiger partial charge on any atom is -0.478 e. The lowest BCUT2D eigenvalue weighted by atomic mass is 9.87. The van der Waals surface area contributed by atoms with Crippen LogP contribution in [0.15, 0.2) is 36.4 Å². The molecule has 0 atom stereocenters. The summed E-state index contributed by atoms with van der Waals surface area (Å²) in [7, 11) is 0. The average Bonchev–Trinajstić information content (AvgIpc) is 2.38. The normalized spacial score (nSPS) is 11.2. The first-order chi connectivity index (χ1) is 9.77. The predicted molar refractivity (Wildman–Crippen MR) is 81.1 cm³/mol. The Kier molecular flexibility index (Phi) is 3.98. The van der Waals surface area contributed by atoms with Gasteiger partial charge in [0.25, 0.3) is 0 Å². The van der Waals surface area contributed by atoms with Crippen molar-refractivity contribution in [1.82, 2.24) is 4.98 Å². The maximum absolute atomic E-state index is 10.9. The van der Waals surface area contributed by atoms with Crippen LogP contribution in [0.2, 0.25) is 0 Å². The highest BCUT2D eigenvalue weighted by molar-refractivity contribution is 5.88. The molecule has 0 aliphatic rings. The molecule has 0 radical (unpaired) electrons. The van der Waals surface area contributed by atoms with Crippen LogP contribution in [0.3, 0.4) is 0 Å². The molecule has 0 aliphatic carbocycles. The molecule has 1 aromatic carbocycles. The Hall–Kier alpha value is -2.36. The van der Waals surface area contributed by atoms with Crippen LogP contribution in [0, 0.1) is 6.92 Å². The first-order valence-electron chi connectivity index (χ1n) is 6.77. The van der Waals surface area contributed by atoms with Crippen LogP contribution in [-0.2, 0) is 5.41 Å². The maximum Gasteiger partial charge on any atom is 0.337 e. The minimum atomic E-state index is -0.985. The van der Waals surface area contributed by atoms with Crippen molar-refractivity contribution in [2.75, 3.05) is 0 Å². The summed E-state index contributed by atoms with van der Waals surface area (Å²) < 4.78 is 5.66. The number of hydrogen-bond donors (Lipinski definition) is 1. The minimum absolute atomic E-state index is 0.0938. The van der Waals surface area contributed by atoms with Crippen molar-refractivity contribution >= 4 is 5.97 Å². The summed E-state index contributed by atoms with van der Waals surface area (Å²) in [5.41, 5.74) is 1.94. The lowest BCUT2D eigenvalue weighted by Gasteiger charge is -2.19. The molecule has 4 nitrogen and oxygen atoms in total. The van der Waals surface area contributed by atoms with Gasteiger partial charge in [-0.3, -0.25) is 0 Å². The topological polar surface area (TPSA) is 59.4 Å². The van der Waals surface area contributed by atoms with Crippen molar-refractivity contribution < 1.29 is 14.6 Å². The van der Waals surface area contributed by atoms with Crippen LogP contribution < -0.4 is 4.74 Å². The van der Waals surface area contributed by atoms with Crippen LogP contribution in [-0.4, -0.2) is 16.1 Å². The fourth-order valence-electron chi connectivity index (χ4n) is 1.96. The monoisotopic (exact) mass is 285 g/mol. The number of carboxylic acids is 1. The molecule has 1 aromatic heterocycles. The molecule has 1 heterocycles. The van der Waals surface area contributed by atoms with Crippen LogP contribution in [0.5, 0.6) is 11.6 Å². The Morgan fingerprint density at radius 1 is 1.10 bits per heavy atom. The molecule has 0 fully saturated rings. The van der Waals surface area contributed by atoms with Gasteiger partial charge in [0.1, 0.15) is 5.75 Å². The molecule has 0 unspecified atom stereocenters. The fourth-order valence-corrected chi connectivity index (χ4v) is 1.96. The van der Waals surface area contributed by atoms with Crippen LogP contribution in [0.25, 0.3) is 0 Å². The molecular weight excluding hydrogens is 266 g/mol. The zero-order valence-corrected chi connectivity index (χ0v) is 12.7. The summed E-state index contributed by atoms with van der Waals surface area (Å²) >= 11 is 0. The molecule has 1 N–H and O–H groups in total. The van der Waals surface area contributed by atoms with Crippen molar-refractivity contribution in [3.8, 4) is 11.6 Å². The van der Waals surface area contributed by atoms with Gasteiger partial charge in [0.05, 0.1) is 11.3 Å². The van der Waals surface area contributed by atoms with E-state index in [2.05, 4.69) is 25.8 Å². The number of aryl methyl sites for hydroxylation is 1. The second-order valence-electron chi connectivity index (χ2n) is 5.96. The predicted octanol–water partition coefficient (Wildman–Crippen LogP) is 4.18. The van der Waals surface area contributed by atoms with E-state index < -0.39 is 5.97 Å². The number of ether oxygens (including phenoxy) is 1. The number of nitrogens with zero attached hydrogens (tertiary/aromatic N) is 1. The fraction of sp³-hybridized carbons (Fsp3) is 0.294. The van der Waals surface area contributed by atoms with Crippen molar-refractivity contribution in [1.29, 1.82) is 0 Å². The maximum atomic E-state index is 10.9. The van der Waals surface area contributed by atoms with Gasteiger partial charge in [-0.25, -0.2) is 9.78 Å². The molecule has 4 heteroatoms. The molecule has 110 valence electrons. The van der Waals surface area contributed by atoms with E-state index in [1.54, 1.807) is 13.0 Å². The third-order valence-electron chi connectivity index (χ3n) is 3.23. The van der Waals surface area contributed by atoms with Gasteiger partial charge in [-0.2, -0.15) is 0 Å². The van der Waals surface area contributed by atoms with Gasteiger partial charge in [-0.1, -0.05) is 32.9 Å². The Labute approximate surface area is 124 Å². The largest absolute Gasteiger partial charge is 0.478 e. The smallest absolute Gasteiger partial charge is 0.337 e. The number of carboxylic acid groups (broad SMARTS) is 1. The van der Waals surface area contributed by atoms with Crippen LogP contribution >= 0.6 is 0 Å². The van der Waals surface area contributed by atoms with E-state index in [1.807, 2.05) is 24.3 Å². The van der Waals surface area contributed by atoms with E-state index in [-0.39, 0.29) is 11.0 Å². The number of aromatic carboxylic acids is 1. The second-order valence-corrected chi connectivity index (χ2v) is 5.96. The van der Waals surface area contributed by atoms with Crippen LogP contribution in [0.4, 0.5) is 0 Å². The van der Waals surface area contributed by atoms with E-state index in [0.717, 1.165) is 0 Å². The number of hydrogen-bond acceptors (Lipinski definition) is 3. The van der Waals surface area contributed by atoms with E-state index >= 15 is 0 Å². The van der Waals surface area contributed by atoms with Gasteiger partial charge in [0, 0.05) is 6.07 Å². The quantitative estimate of drug-likeness (QED) is 0.919. The molecule has 0 spiro atoms. The molecule has 0 saturated carbocycles. The average molecular weight is 285 g/mol. The zero-order chi connectivity index (χ0) is 15.6. The van der Waals surface area contributed by atoms with Gasteiger partial charge < -0.3 is 9.84 Å². The Morgan fingerprint density at radius 3 is 2.19 bits per heavy atom. The summed E-state index contributed by atoms with van der Waals surface area (Å²) in [6, 6.07) is 10.9. The number of rotatable bonds is 3. The van der Waals surface area contributed by atoms with Crippen molar-refractivity contribution in [3.63, 3.8) is 0 Å². The van der Waals surface area contributed by atoms with Gasteiger partial charge in [0.15, 0.2) is 0 Å². The van der Waals surface area contributed by atoms with Crippen molar-refractivity contribution in [3.05, 3.63) is 53.2 Å². The molecule has 0 bridgehead atoms. The summed E-state index contributed by atoms with van der Waals surface area (Å²) in [6.07, 6.45) is 0. The van der Waals surface area contributed by atoms with E-state index in [0.29, 0.717) is 17.3 Å². The van der Waals surface area contributed by atoms with Gasteiger partial charge in [0.2, 0.25) is 5.88 Å². The molecule has 2 aromatic rings. The van der Waals surface area contributed by atoms with E-state index in [9.17, 15) is 4.79 Å². The first-order valence-corrected chi connectivity index (χ1v) is 6.77. The van der Waals surface area contributed by atoms with Gasteiger partial charge in [-0.15, -0.1) is 0 Å². The first kappa shape index (κ1) is 15.0. The lowest BCUT2D eigenvalue weighted by molar-refractivity contribution is 0.0695. The molecule has 0 aliphatic heterocycles. The molecular formula is C17H19NO3. The van der Waals surface area contributed by atoms with Gasteiger partial charge >= 0.3 is 5.97 Å². The highest BCUT2D eigenvalue weighted by Crippen LogP contribution is 2.26. The summed E-state index contributed by atoms with van der Waals surface area (Å²) in [5.74, 6) is 0.0834. The number of pyridine rings is 1. The third-order valence-corrected chi connectivity index (χ3v) is 3.23. The van der Waals surface area contributed by atoms with Crippen LogP contribution in [0.1, 0.15) is 42.4 Å². The zero-order valence-electron chi connectivity index (χ0n) is 12.7. The molecule has 0 saturated heterocycles. The standard InChI is InChI=1S/C17H19NO3/c1-11-14(16(19)20)9-10-15(18-11)21-13-7-5-12(6-8-13)17(2,3)4/h5-10H,1-4H3,(H,19,20). The Balaban J connectivity index is 2.19. The summed E-state index contributed by atoms with van der Waals surface area (Å²) in [4.78, 5) is 15.1. The lowest BCUT2D eigenvalue weighted by Crippen LogP contribution is -2.10. The molecule has 0 amide bonds.